The Morgan fingerprint density at radius 1 is 1.47 bits per heavy atom. The van der Waals surface area contributed by atoms with Gasteiger partial charge in [0, 0.05) is 12.0 Å². The van der Waals surface area contributed by atoms with Gasteiger partial charge in [-0.15, -0.1) is 0 Å². The molecule has 1 atom stereocenters. The van der Waals surface area contributed by atoms with Crippen LogP contribution >= 0.6 is 15.9 Å². The summed E-state index contributed by atoms with van der Waals surface area (Å²) in [5.41, 5.74) is -0.445. The van der Waals surface area contributed by atoms with Crippen LogP contribution in [0.3, 0.4) is 0 Å². The van der Waals surface area contributed by atoms with E-state index in [2.05, 4.69) is 15.9 Å². The van der Waals surface area contributed by atoms with E-state index in [1.807, 2.05) is 0 Å². The molecule has 1 unspecified atom stereocenters. The molecule has 0 aliphatic heterocycles. The summed E-state index contributed by atoms with van der Waals surface area (Å²) in [6.45, 7) is 0. The van der Waals surface area contributed by atoms with Crippen LogP contribution in [-0.2, 0) is 11.2 Å². The number of benzene rings is 1. The summed E-state index contributed by atoms with van der Waals surface area (Å²) in [5, 5.41) is 17.4. The van der Waals surface area contributed by atoms with Crippen molar-refractivity contribution >= 4 is 21.9 Å². The molecule has 0 bridgehead atoms. The van der Waals surface area contributed by atoms with E-state index in [1.165, 1.54) is 6.07 Å². The van der Waals surface area contributed by atoms with Gasteiger partial charge in [0.2, 0.25) is 0 Å². The van der Waals surface area contributed by atoms with Gasteiger partial charge in [-0.05, 0) is 28.1 Å². The molecule has 15 heavy (non-hydrogen) atoms. The van der Waals surface area contributed by atoms with Crippen LogP contribution in [-0.4, -0.2) is 22.3 Å². The molecule has 1 aromatic carbocycles. The molecule has 0 fully saturated rings. The van der Waals surface area contributed by atoms with Crippen molar-refractivity contribution in [1.82, 2.24) is 0 Å². The number of carboxylic acid groups (broad SMARTS) is 1. The van der Waals surface area contributed by atoms with Crippen LogP contribution in [0.5, 0.6) is 0 Å². The van der Waals surface area contributed by atoms with E-state index in [0.717, 1.165) is 6.07 Å². The Hall–Kier alpha value is -1.01. The Labute approximate surface area is 92.5 Å². The lowest BCUT2D eigenvalue weighted by atomic mass is 10.1. The van der Waals surface area contributed by atoms with Crippen molar-refractivity contribution < 1.29 is 23.8 Å². The van der Waals surface area contributed by atoms with Crippen LogP contribution in [0.2, 0.25) is 0 Å². The largest absolute Gasteiger partial charge is 0.479 e. The molecule has 0 saturated heterocycles. The molecule has 82 valence electrons. The first-order valence-electron chi connectivity index (χ1n) is 3.96. The maximum absolute atomic E-state index is 13.3. The molecule has 1 aromatic rings. The van der Waals surface area contributed by atoms with Crippen LogP contribution in [0.25, 0.3) is 0 Å². The normalized spacial score (nSPS) is 12.5. The van der Waals surface area contributed by atoms with E-state index in [1.54, 1.807) is 0 Å². The quantitative estimate of drug-likeness (QED) is 0.829. The number of carboxylic acids is 1. The molecule has 3 nitrogen and oxygen atoms in total. The molecule has 0 spiro atoms. The Kier molecular flexibility index (Phi) is 3.76. The molecule has 0 aliphatic carbocycles. The zero-order valence-electron chi connectivity index (χ0n) is 7.38. The average molecular weight is 281 g/mol. The number of aliphatic hydroxyl groups is 1. The van der Waals surface area contributed by atoms with E-state index >= 15 is 0 Å². The minimum absolute atomic E-state index is 0.0245. The van der Waals surface area contributed by atoms with E-state index in [-0.39, 0.29) is 4.47 Å². The van der Waals surface area contributed by atoms with Gasteiger partial charge in [0.05, 0.1) is 4.47 Å². The molecule has 0 radical (unpaired) electrons. The number of carbonyl (C=O) groups is 1. The minimum Gasteiger partial charge on any atom is -0.479 e. The number of aliphatic hydroxyl groups excluding tert-OH is 1. The fourth-order valence-corrected chi connectivity index (χ4v) is 1.41. The third-order valence-electron chi connectivity index (χ3n) is 1.82. The summed E-state index contributed by atoms with van der Waals surface area (Å²) in [6, 6.07) is 2.17. The highest BCUT2D eigenvalue weighted by Gasteiger charge is 2.20. The van der Waals surface area contributed by atoms with Gasteiger partial charge in [-0.1, -0.05) is 0 Å². The maximum Gasteiger partial charge on any atom is 0.332 e. The SMILES string of the molecule is O=C(O)C(O)Cc1c(F)ccc(Br)c1F. The van der Waals surface area contributed by atoms with Crippen molar-refractivity contribution in [1.29, 1.82) is 0 Å². The van der Waals surface area contributed by atoms with Crippen LogP contribution in [0.15, 0.2) is 16.6 Å². The van der Waals surface area contributed by atoms with E-state index in [4.69, 9.17) is 10.2 Å². The summed E-state index contributed by atoms with van der Waals surface area (Å²) in [7, 11) is 0. The summed E-state index contributed by atoms with van der Waals surface area (Å²) < 4.78 is 26.4. The Morgan fingerprint density at radius 2 is 2.07 bits per heavy atom. The van der Waals surface area contributed by atoms with Crippen molar-refractivity contribution in [3.8, 4) is 0 Å². The Bertz CT molecular complexity index is 395. The zero-order valence-corrected chi connectivity index (χ0v) is 8.96. The Morgan fingerprint density at radius 3 is 2.60 bits per heavy atom. The highest BCUT2D eigenvalue weighted by molar-refractivity contribution is 9.10. The monoisotopic (exact) mass is 280 g/mol. The van der Waals surface area contributed by atoms with Crippen molar-refractivity contribution in [2.75, 3.05) is 0 Å². The van der Waals surface area contributed by atoms with Gasteiger partial charge < -0.3 is 10.2 Å². The van der Waals surface area contributed by atoms with E-state index in [0.29, 0.717) is 0 Å². The first-order chi connectivity index (χ1) is 6.93. The third kappa shape index (κ3) is 2.73. The zero-order chi connectivity index (χ0) is 11.6. The summed E-state index contributed by atoms with van der Waals surface area (Å²) in [6.07, 6.45) is -2.42. The highest BCUT2D eigenvalue weighted by atomic mass is 79.9. The van der Waals surface area contributed by atoms with E-state index < -0.39 is 35.7 Å². The maximum atomic E-state index is 13.3. The van der Waals surface area contributed by atoms with Crippen LogP contribution in [0, 0.1) is 11.6 Å². The summed E-state index contributed by atoms with van der Waals surface area (Å²) in [5.74, 6) is -3.29. The van der Waals surface area contributed by atoms with Gasteiger partial charge in [0.1, 0.15) is 11.6 Å². The van der Waals surface area contributed by atoms with Crippen molar-refractivity contribution in [3.05, 3.63) is 33.8 Å². The van der Waals surface area contributed by atoms with Gasteiger partial charge in [0.25, 0.3) is 0 Å². The molecule has 0 amide bonds. The fourth-order valence-electron chi connectivity index (χ4n) is 1.04. The van der Waals surface area contributed by atoms with Gasteiger partial charge in [-0.25, -0.2) is 13.6 Å². The molecular weight excluding hydrogens is 274 g/mol. The van der Waals surface area contributed by atoms with Crippen molar-refractivity contribution in [2.45, 2.75) is 12.5 Å². The molecule has 6 heteroatoms. The lowest BCUT2D eigenvalue weighted by Gasteiger charge is -2.08. The predicted molar refractivity (Wildman–Crippen MR) is 51.4 cm³/mol. The Balaban J connectivity index is 3.03. The third-order valence-corrected chi connectivity index (χ3v) is 2.43. The van der Waals surface area contributed by atoms with E-state index in [9.17, 15) is 13.6 Å². The predicted octanol–water partition coefficient (Wildman–Crippen LogP) is 1.72. The van der Waals surface area contributed by atoms with Crippen molar-refractivity contribution in [3.63, 3.8) is 0 Å². The van der Waals surface area contributed by atoms with Crippen LogP contribution in [0.1, 0.15) is 5.56 Å². The molecule has 2 N–H and O–H groups in total. The molecular formula is C9H7BrF2O3. The summed E-state index contributed by atoms with van der Waals surface area (Å²) >= 11 is 2.84. The second-order valence-corrected chi connectivity index (χ2v) is 3.73. The van der Waals surface area contributed by atoms with Crippen LogP contribution in [0.4, 0.5) is 8.78 Å². The average Bonchev–Trinajstić information content (AvgIpc) is 2.18. The smallest absolute Gasteiger partial charge is 0.332 e. The lowest BCUT2D eigenvalue weighted by Crippen LogP contribution is -2.23. The molecule has 0 aromatic heterocycles. The first kappa shape index (κ1) is 12.1. The second kappa shape index (κ2) is 4.67. The second-order valence-electron chi connectivity index (χ2n) is 2.88. The number of rotatable bonds is 3. The molecule has 0 aliphatic rings. The molecule has 0 saturated carbocycles. The first-order valence-corrected chi connectivity index (χ1v) is 4.76. The van der Waals surface area contributed by atoms with Gasteiger partial charge in [0.15, 0.2) is 6.10 Å². The topological polar surface area (TPSA) is 57.5 Å². The number of aliphatic carboxylic acids is 1. The standard InChI is InChI=1S/C9H7BrF2O3/c10-5-1-2-6(11)4(8(5)12)3-7(13)9(14)15/h1-2,7,13H,3H2,(H,14,15). The van der Waals surface area contributed by atoms with Gasteiger partial charge in [-0.2, -0.15) is 0 Å². The minimum atomic E-state index is -1.82. The van der Waals surface area contributed by atoms with Gasteiger partial charge >= 0.3 is 5.97 Å². The fraction of sp³-hybridized carbons (Fsp3) is 0.222. The van der Waals surface area contributed by atoms with Gasteiger partial charge in [-0.3, -0.25) is 0 Å². The highest BCUT2D eigenvalue weighted by Crippen LogP contribution is 2.22. The molecule has 0 heterocycles. The number of halogens is 3. The number of hydrogen-bond donors (Lipinski definition) is 2. The van der Waals surface area contributed by atoms with Crippen molar-refractivity contribution in [2.24, 2.45) is 0 Å². The molecule has 1 rings (SSSR count). The van der Waals surface area contributed by atoms with Crippen LogP contribution < -0.4 is 0 Å². The lowest BCUT2D eigenvalue weighted by molar-refractivity contribution is -0.146. The summed E-state index contributed by atoms with van der Waals surface area (Å²) in [4.78, 5) is 10.3. The number of hydrogen-bond acceptors (Lipinski definition) is 2.